The van der Waals surface area contributed by atoms with E-state index in [0.717, 1.165) is 0 Å². The maximum absolute atomic E-state index is 5.92. The molecule has 0 fully saturated rings. The highest BCUT2D eigenvalue weighted by Gasteiger charge is 2.38. The van der Waals surface area contributed by atoms with Crippen LogP contribution < -0.4 is 0 Å². The molecule has 0 saturated heterocycles. The van der Waals surface area contributed by atoms with Gasteiger partial charge >= 0.3 is 15.5 Å². The average molecular weight is 277 g/mol. The number of hydrogen-bond donors (Lipinski definition) is 0. The smallest absolute Gasteiger partial charge is 0.377 e. The van der Waals surface area contributed by atoms with Gasteiger partial charge in [-0.25, -0.2) is 0 Å². The van der Waals surface area contributed by atoms with E-state index in [-0.39, 0.29) is 0 Å². The molecule has 0 aliphatic heterocycles. The zero-order valence-electron chi connectivity index (χ0n) is 9.07. The molecule has 0 saturated carbocycles. The van der Waals surface area contributed by atoms with E-state index < -0.39 is 23.8 Å². The van der Waals surface area contributed by atoms with E-state index in [1.165, 1.54) is 0 Å². The van der Waals surface area contributed by atoms with Crippen LogP contribution in [0.2, 0.25) is 39.3 Å². The van der Waals surface area contributed by atoms with Crippen molar-refractivity contribution in [3.63, 3.8) is 0 Å². The van der Waals surface area contributed by atoms with Crippen molar-refractivity contribution in [3.05, 3.63) is 0 Å². The van der Waals surface area contributed by atoms with Gasteiger partial charge in [-0.1, -0.05) is 0 Å². The predicted molar refractivity (Wildman–Crippen MR) is 66.3 cm³/mol. The molecule has 0 amide bonds. The standard InChI is InChI=1S/C6H18Cl2O2Si3/c1-11(2,3)9-12(4,5)10-13(6,7)8/h1-6H3. The van der Waals surface area contributed by atoms with Crippen LogP contribution in [0.1, 0.15) is 0 Å². The third-order valence-corrected chi connectivity index (χ3v) is 10.2. The fourth-order valence-corrected chi connectivity index (χ4v) is 14.4. The Labute approximate surface area is 93.4 Å². The number of rotatable bonds is 4. The van der Waals surface area contributed by atoms with Crippen molar-refractivity contribution in [2.75, 3.05) is 0 Å². The quantitative estimate of drug-likeness (QED) is 0.577. The Balaban J connectivity index is 4.25. The summed E-state index contributed by atoms with van der Waals surface area (Å²) in [5.41, 5.74) is 0. The van der Waals surface area contributed by atoms with E-state index in [2.05, 4.69) is 19.6 Å². The van der Waals surface area contributed by atoms with Gasteiger partial charge in [0.05, 0.1) is 0 Å². The summed E-state index contributed by atoms with van der Waals surface area (Å²) < 4.78 is 11.5. The van der Waals surface area contributed by atoms with Crippen LogP contribution in [0, 0.1) is 0 Å². The highest BCUT2D eigenvalue weighted by atomic mass is 35.7. The minimum absolute atomic E-state index is 1.55. The molecule has 2 nitrogen and oxygen atoms in total. The highest BCUT2D eigenvalue weighted by Crippen LogP contribution is 2.24. The zero-order valence-corrected chi connectivity index (χ0v) is 13.6. The minimum Gasteiger partial charge on any atom is -0.437 e. The molecule has 0 spiro atoms. The van der Waals surface area contributed by atoms with Gasteiger partial charge in [0.2, 0.25) is 0 Å². The molecule has 0 rings (SSSR count). The first-order valence-electron chi connectivity index (χ1n) is 4.19. The zero-order chi connectivity index (χ0) is 10.9. The van der Waals surface area contributed by atoms with Crippen molar-refractivity contribution in [1.82, 2.24) is 0 Å². The fraction of sp³-hybridized carbons (Fsp3) is 1.00. The summed E-state index contributed by atoms with van der Waals surface area (Å²) in [6.45, 7) is 9.63. The molecular weight excluding hydrogens is 259 g/mol. The van der Waals surface area contributed by atoms with Gasteiger partial charge in [0.25, 0.3) is 0 Å². The van der Waals surface area contributed by atoms with Crippen molar-refractivity contribution in [2.45, 2.75) is 39.3 Å². The summed E-state index contributed by atoms with van der Waals surface area (Å²) in [5.74, 6) is 0. The molecule has 0 radical (unpaired) electrons. The molecule has 80 valence electrons. The Morgan fingerprint density at radius 3 is 1.38 bits per heavy atom. The van der Waals surface area contributed by atoms with Crippen LogP contribution >= 0.6 is 22.2 Å². The summed E-state index contributed by atoms with van der Waals surface area (Å²) in [6, 6.07) is 0. The monoisotopic (exact) mass is 276 g/mol. The van der Waals surface area contributed by atoms with Crippen LogP contribution in [-0.4, -0.2) is 23.8 Å². The third-order valence-electron chi connectivity index (χ3n) is 0.977. The summed E-state index contributed by atoms with van der Waals surface area (Å²) in [7, 11) is -3.67. The molecule has 0 N–H and O–H groups in total. The highest BCUT2D eigenvalue weighted by molar-refractivity contribution is 7.43. The lowest BCUT2D eigenvalue weighted by molar-refractivity contribution is 0.406. The van der Waals surface area contributed by atoms with E-state index >= 15 is 0 Å². The van der Waals surface area contributed by atoms with Gasteiger partial charge in [0.1, 0.15) is 0 Å². The van der Waals surface area contributed by atoms with Crippen LogP contribution in [-0.2, 0) is 8.23 Å². The van der Waals surface area contributed by atoms with Crippen LogP contribution in [0.5, 0.6) is 0 Å². The summed E-state index contributed by atoms with van der Waals surface area (Å²) in [6.07, 6.45) is 0. The van der Waals surface area contributed by atoms with Crippen molar-refractivity contribution < 1.29 is 8.23 Å². The Morgan fingerprint density at radius 2 is 1.15 bits per heavy atom. The van der Waals surface area contributed by atoms with Gasteiger partial charge in [-0.15, -0.1) is 22.2 Å². The molecule has 7 heteroatoms. The second-order valence-electron chi connectivity index (χ2n) is 4.52. The first-order valence-corrected chi connectivity index (χ1v) is 14.9. The van der Waals surface area contributed by atoms with Crippen LogP contribution in [0.4, 0.5) is 0 Å². The van der Waals surface area contributed by atoms with E-state index in [9.17, 15) is 0 Å². The topological polar surface area (TPSA) is 18.5 Å². The third kappa shape index (κ3) is 9.45. The summed E-state index contributed by atoms with van der Waals surface area (Å²) in [4.78, 5) is 0. The van der Waals surface area contributed by atoms with Crippen LogP contribution in [0.15, 0.2) is 0 Å². The lowest BCUT2D eigenvalue weighted by Gasteiger charge is -2.33. The maximum Gasteiger partial charge on any atom is 0.377 e. The van der Waals surface area contributed by atoms with Crippen LogP contribution in [0.25, 0.3) is 0 Å². The van der Waals surface area contributed by atoms with E-state index in [4.69, 9.17) is 30.4 Å². The minimum atomic E-state index is -2.49. The fourth-order valence-electron chi connectivity index (χ4n) is 1.19. The predicted octanol–water partition coefficient (Wildman–Crippen LogP) is 3.60. The molecule has 0 aliphatic carbocycles. The van der Waals surface area contributed by atoms with Crippen molar-refractivity contribution in [3.8, 4) is 0 Å². The molecule has 0 atom stereocenters. The van der Waals surface area contributed by atoms with E-state index in [1.807, 2.05) is 13.1 Å². The molecule has 0 bridgehead atoms. The lowest BCUT2D eigenvalue weighted by atomic mass is 11.8. The SMILES string of the molecule is C[Si](C)(C)O[Si](C)(C)O[Si](C)(Cl)Cl. The second-order valence-corrected chi connectivity index (χ2v) is 19.7. The Hall–Kier alpha value is 1.15. The van der Waals surface area contributed by atoms with Gasteiger partial charge in [0.15, 0.2) is 8.32 Å². The van der Waals surface area contributed by atoms with Gasteiger partial charge in [0, 0.05) is 0 Å². The van der Waals surface area contributed by atoms with Crippen molar-refractivity contribution in [1.29, 1.82) is 0 Å². The number of hydrogen-bond acceptors (Lipinski definition) is 2. The molecule has 13 heavy (non-hydrogen) atoms. The second kappa shape index (κ2) is 4.34. The Kier molecular flexibility index (Phi) is 4.72. The molecule has 0 unspecified atom stereocenters. The van der Waals surface area contributed by atoms with Crippen LogP contribution in [0.3, 0.4) is 0 Å². The van der Waals surface area contributed by atoms with Gasteiger partial charge in [-0.2, -0.15) is 0 Å². The largest absolute Gasteiger partial charge is 0.437 e. The van der Waals surface area contributed by atoms with Gasteiger partial charge in [-0.05, 0) is 39.3 Å². The van der Waals surface area contributed by atoms with E-state index in [0.29, 0.717) is 0 Å². The van der Waals surface area contributed by atoms with Crippen molar-refractivity contribution in [2.24, 2.45) is 0 Å². The normalized spacial score (nSPS) is 14.8. The molecular formula is C6H18Cl2O2Si3. The van der Waals surface area contributed by atoms with E-state index in [1.54, 1.807) is 6.55 Å². The average Bonchev–Trinajstić information content (AvgIpc) is 1.43. The summed E-state index contributed by atoms with van der Waals surface area (Å²) >= 11 is 11.8. The lowest BCUT2D eigenvalue weighted by Crippen LogP contribution is -2.49. The molecule has 0 aromatic rings. The first-order chi connectivity index (χ1) is 5.41. The first kappa shape index (κ1) is 14.2. The molecule has 0 aliphatic rings. The Morgan fingerprint density at radius 1 is 0.769 bits per heavy atom. The van der Waals surface area contributed by atoms with Crippen molar-refractivity contribution >= 4 is 46.0 Å². The number of halogens is 2. The summed E-state index contributed by atoms with van der Waals surface area (Å²) in [5, 5.41) is 0. The molecule has 0 aromatic heterocycles. The maximum atomic E-state index is 5.92. The molecule has 0 aromatic carbocycles. The van der Waals surface area contributed by atoms with Gasteiger partial charge in [-0.3, -0.25) is 0 Å². The molecule has 0 heterocycles. The van der Waals surface area contributed by atoms with Gasteiger partial charge < -0.3 is 8.23 Å². The Bertz CT molecular complexity index is 156.